The Kier molecular flexibility index (Phi) is 4.97. The predicted molar refractivity (Wildman–Crippen MR) is 46.6 cm³/mol. The van der Waals surface area contributed by atoms with Crippen molar-refractivity contribution in [3.63, 3.8) is 0 Å². The summed E-state index contributed by atoms with van der Waals surface area (Å²) in [5.74, 6) is -0.581. The number of rotatable bonds is 1. The standard InChI is InChI=1S/C8H8O3.Na.H/c1-11-8(10)6-4-2-3-5-7(6)9;;/h2-5,9H,1H3;;. The normalized spacial score (nSPS) is 8.42. The van der Waals surface area contributed by atoms with Crippen LogP contribution in [0.3, 0.4) is 0 Å². The molecule has 1 aromatic carbocycles. The number of hydrogen-bond acceptors (Lipinski definition) is 3. The Morgan fingerprint density at radius 2 is 2.00 bits per heavy atom. The van der Waals surface area contributed by atoms with Gasteiger partial charge in [0.1, 0.15) is 11.3 Å². The van der Waals surface area contributed by atoms with E-state index in [0.717, 1.165) is 0 Å². The fourth-order valence-electron chi connectivity index (χ4n) is 0.756. The summed E-state index contributed by atoms with van der Waals surface area (Å²) in [4.78, 5) is 10.9. The van der Waals surface area contributed by atoms with Crippen molar-refractivity contribution in [2.24, 2.45) is 0 Å². The molecule has 1 aromatic rings. The van der Waals surface area contributed by atoms with Gasteiger partial charge in [0, 0.05) is 0 Å². The molecule has 12 heavy (non-hydrogen) atoms. The van der Waals surface area contributed by atoms with Gasteiger partial charge in [0.15, 0.2) is 0 Å². The van der Waals surface area contributed by atoms with Gasteiger partial charge in [-0.1, -0.05) is 12.1 Å². The number of benzene rings is 1. The van der Waals surface area contributed by atoms with Crippen LogP contribution < -0.4 is 0 Å². The third kappa shape index (κ3) is 2.52. The molecule has 0 atom stereocenters. The quantitative estimate of drug-likeness (QED) is 0.501. The van der Waals surface area contributed by atoms with Gasteiger partial charge in [-0.3, -0.25) is 0 Å². The van der Waals surface area contributed by atoms with Crippen molar-refractivity contribution in [1.82, 2.24) is 0 Å². The summed E-state index contributed by atoms with van der Waals surface area (Å²) in [7, 11) is 1.27. The molecule has 0 aliphatic carbocycles. The van der Waals surface area contributed by atoms with Crippen molar-refractivity contribution in [3.05, 3.63) is 29.8 Å². The van der Waals surface area contributed by atoms with Crippen molar-refractivity contribution in [2.45, 2.75) is 0 Å². The van der Waals surface area contributed by atoms with Gasteiger partial charge in [-0.2, -0.15) is 0 Å². The maximum absolute atomic E-state index is 10.9. The molecule has 1 rings (SSSR count). The third-order valence-electron chi connectivity index (χ3n) is 1.31. The van der Waals surface area contributed by atoms with E-state index in [9.17, 15) is 4.79 Å². The Labute approximate surface area is 92.6 Å². The summed E-state index contributed by atoms with van der Waals surface area (Å²) < 4.78 is 4.42. The average molecular weight is 176 g/mol. The molecule has 0 saturated carbocycles. The van der Waals surface area contributed by atoms with Gasteiger partial charge in [0.05, 0.1) is 7.11 Å². The van der Waals surface area contributed by atoms with Crippen LogP contribution in [0.1, 0.15) is 10.4 Å². The van der Waals surface area contributed by atoms with Gasteiger partial charge in [-0.25, -0.2) is 4.79 Å². The van der Waals surface area contributed by atoms with Gasteiger partial charge >= 0.3 is 35.5 Å². The van der Waals surface area contributed by atoms with E-state index in [1.807, 2.05) is 0 Å². The van der Waals surface area contributed by atoms with Crippen LogP contribution >= 0.6 is 0 Å². The topological polar surface area (TPSA) is 46.5 Å². The molecule has 0 amide bonds. The number of carbonyl (C=O) groups excluding carboxylic acids is 1. The number of phenolic OH excluding ortho intramolecular Hbond substituents is 1. The molecule has 60 valence electrons. The van der Waals surface area contributed by atoms with Crippen LogP contribution in [-0.2, 0) is 4.74 Å². The first kappa shape index (κ1) is 11.5. The van der Waals surface area contributed by atoms with Crippen LogP contribution in [-0.4, -0.2) is 47.7 Å². The van der Waals surface area contributed by atoms with Gasteiger partial charge < -0.3 is 9.84 Å². The Morgan fingerprint density at radius 1 is 1.42 bits per heavy atom. The monoisotopic (exact) mass is 176 g/mol. The third-order valence-corrected chi connectivity index (χ3v) is 1.31. The maximum atomic E-state index is 10.9. The van der Waals surface area contributed by atoms with Gasteiger partial charge in [0.25, 0.3) is 0 Å². The van der Waals surface area contributed by atoms with Crippen molar-refractivity contribution in [3.8, 4) is 5.75 Å². The van der Waals surface area contributed by atoms with Crippen molar-refractivity contribution in [2.75, 3.05) is 7.11 Å². The zero-order chi connectivity index (χ0) is 8.27. The number of phenols is 1. The second-order valence-electron chi connectivity index (χ2n) is 2.01. The molecule has 0 heterocycles. The van der Waals surface area contributed by atoms with E-state index in [4.69, 9.17) is 5.11 Å². The predicted octanol–water partition coefficient (Wildman–Crippen LogP) is 0.530. The number of esters is 1. The summed E-state index contributed by atoms with van der Waals surface area (Å²) in [5, 5.41) is 9.11. The summed E-state index contributed by atoms with van der Waals surface area (Å²) in [6, 6.07) is 6.24. The molecule has 0 aromatic heterocycles. The first-order valence-electron chi connectivity index (χ1n) is 3.12. The molecule has 0 aliphatic rings. The average Bonchev–Trinajstić information content (AvgIpc) is 2.04. The van der Waals surface area contributed by atoms with Gasteiger partial charge in [0.2, 0.25) is 0 Å². The minimum atomic E-state index is -0.525. The molecular weight excluding hydrogens is 167 g/mol. The first-order valence-corrected chi connectivity index (χ1v) is 3.12. The molecule has 0 radical (unpaired) electrons. The zero-order valence-electron chi connectivity index (χ0n) is 6.07. The van der Waals surface area contributed by atoms with E-state index in [-0.39, 0.29) is 40.9 Å². The number of aromatic hydroxyl groups is 1. The van der Waals surface area contributed by atoms with Crippen LogP contribution in [0, 0.1) is 0 Å². The van der Waals surface area contributed by atoms with Crippen LogP contribution in [0.5, 0.6) is 5.75 Å². The van der Waals surface area contributed by atoms with Crippen LogP contribution in [0.15, 0.2) is 24.3 Å². The van der Waals surface area contributed by atoms with Crippen molar-refractivity contribution < 1.29 is 14.6 Å². The molecule has 0 saturated heterocycles. The van der Waals surface area contributed by atoms with Gasteiger partial charge in [-0.15, -0.1) is 0 Å². The fourth-order valence-corrected chi connectivity index (χ4v) is 0.756. The Balaban J connectivity index is 0.00000121. The molecule has 0 bridgehead atoms. The summed E-state index contributed by atoms with van der Waals surface area (Å²) in [6.45, 7) is 0. The SMILES string of the molecule is COC(=O)c1ccccc1O.[NaH]. The number of para-hydroxylation sites is 1. The Bertz CT molecular complexity index is 273. The van der Waals surface area contributed by atoms with Crippen LogP contribution in [0.2, 0.25) is 0 Å². The van der Waals surface area contributed by atoms with Gasteiger partial charge in [-0.05, 0) is 12.1 Å². The number of methoxy groups -OCH3 is 1. The minimum absolute atomic E-state index is 0. The van der Waals surface area contributed by atoms with Crippen molar-refractivity contribution in [1.29, 1.82) is 0 Å². The molecule has 0 spiro atoms. The first-order chi connectivity index (χ1) is 5.25. The number of ether oxygens (including phenoxy) is 1. The Hall–Kier alpha value is -0.510. The summed E-state index contributed by atoms with van der Waals surface area (Å²) in [5.41, 5.74) is 0.190. The van der Waals surface area contributed by atoms with E-state index in [1.165, 1.54) is 19.2 Å². The Morgan fingerprint density at radius 3 is 2.50 bits per heavy atom. The van der Waals surface area contributed by atoms with E-state index < -0.39 is 5.97 Å². The second kappa shape index (κ2) is 5.19. The summed E-state index contributed by atoms with van der Waals surface area (Å²) >= 11 is 0. The van der Waals surface area contributed by atoms with Crippen molar-refractivity contribution >= 4 is 35.5 Å². The molecule has 0 fully saturated rings. The molecule has 3 nitrogen and oxygen atoms in total. The molecule has 0 aliphatic heterocycles. The molecule has 0 unspecified atom stereocenters. The zero-order valence-corrected chi connectivity index (χ0v) is 6.07. The van der Waals surface area contributed by atoms with E-state index >= 15 is 0 Å². The van der Waals surface area contributed by atoms with Crippen LogP contribution in [0.4, 0.5) is 0 Å². The summed E-state index contributed by atoms with van der Waals surface area (Å²) in [6.07, 6.45) is 0. The van der Waals surface area contributed by atoms with E-state index in [2.05, 4.69) is 4.74 Å². The number of hydrogen-bond donors (Lipinski definition) is 1. The number of carbonyl (C=O) groups is 1. The second-order valence-corrected chi connectivity index (χ2v) is 2.01. The van der Waals surface area contributed by atoms with E-state index in [1.54, 1.807) is 12.1 Å². The van der Waals surface area contributed by atoms with Crippen LogP contribution in [0.25, 0.3) is 0 Å². The fraction of sp³-hybridized carbons (Fsp3) is 0.125. The molecular formula is C8H9NaO3. The molecule has 1 N–H and O–H groups in total. The van der Waals surface area contributed by atoms with E-state index in [0.29, 0.717) is 0 Å². The molecule has 4 heteroatoms.